The van der Waals surface area contributed by atoms with Gasteiger partial charge >= 0.3 is 6.03 Å². The molecule has 0 saturated heterocycles. The van der Waals surface area contributed by atoms with Crippen LogP contribution < -0.4 is 5.48 Å². The summed E-state index contributed by atoms with van der Waals surface area (Å²) in [6.07, 6.45) is 0. The van der Waals surface area contributed by atoms with Crippen LogP contribution in [-0.4, -0.2) is 25.0 Å². The zero-order valence-corrected chi connectivity index (χ0v) is 8.36. The molecule has 0 aliphatic rings. The fourth-order valence-corrected chi connectivity index (χ4v) is 0.847. The summed E-state index contributed by atoms with van der Waals surface area (Å²) in [6.45, 7) is 0.375. The molecule has 0 unspecified atom stereocenters. The van der Waals surface area contributed by atoms with E-state index >= 15 is 0 Å². The van der Waals surface area contributed by atoms with Gasteiger partial charge in [-0.1, -0.05) is 30.3 Å². The summed E-state index contributed by atoms with van der Waals surface area (Å²) >= 11 is 0. The number of hydroxylamine groups is 1. The van der Waals surface area contributed by atoms with Crippen LogP contribution in [0.1, 0.15) is 5.56 Å². The molecule has 0 heterocycles. The molecule has 0 bridgehead atoms. The summed E-state index contributed by atoms with van der Waals surface area (Å²) < 4.78 is 0. The highest BCUT2D eigenvalue weighted by molar-refractivity contribution is 5.72. The normalized spacial score (nSPS) is 9.57. The molecule has 2 amide bonds. The Labute approximate surface area is 83.4 Å². The van der Waals surface area contributed by atoms with Crippen molar-refractivity contribution in [1.29, 1.82) is 0 Å². The van der Waals surface area contributed by atoms with Crippen LogP contribution in [0.15, 0.2) is 30.3 Å². The van der Waals surface area contributed by atoms with Gasteiger partial charge in [-0.05, 0) is 5.56 Å². The van der Waals surface area contributed by atoms with Crippen molar-refractivity contribution in [3.05, 3.63) is 35.9 Å². The van der Waals surface area contributed by atoms with E-state index in [2.05, 4.69) is 5.48 Å². The van der Waals surface area contributed by atoms with Gasteiger partial charge in [0.15, 0.2) is 0 Å². The molecule has 1 rings (SSSR count). The molecule has 14 heavy (non-hydrogen) atoms. The van der Waals surface area contributed by atoms with Gasteiger partial charge in [-0.15, -0.1) is 0 Å². The van der Waals surface area contributed by atoms with Crippen LogP contribution in [0.2, 0.25) is 0 Å². The van der Waals surface area contributed by atoms with Crippen LogP contribution in [0.4, 0.5) is 4.79 Å². The second-order valence-electron chi connectivity index (χ2n) is 3.08. The lowest BCUT2D eigenvalue weighted by Crippen LogP contribution is -2.34. The predicted molar refractivity (Wildman–Crippen MR) is 53.4 cm³/mol. The SMILES string of the molecule is CN(C)C(=O)NOCc1ccccc1. The molecular weight excluding hydrogens is 180 g/mol. The number of rotatable bonds is 3. The Morgan fingerprint density at radius 1 is 1.36 bits per heavy atom. The second kappa shape index (κ2) is 5.24. The van der Waals surface area contributed by atoms with Crippen LogP contribution in [-0.2, 0) is 11.4 Å². The molecule has 0 aliphatic heterocycles. The fraction of sp³-hybridized carbons (Fsp3) is 0.300. The van der Waals surface area contributed by atoms with Crippen molar-refractivity contribution < 1.29 is 9.63 Å². The maximum absolute atomic E-state index is 11.0. The van der Waals surface area contributed by atoms with Gasteiger partial charge in [-0.25, -0.2) is 10.3 Å². The number of hydrogen-bond acceptors (Lipinski definition) is 2. The Morgan fingerprint density at radius 2 is 2.00 bits per heavy atom. The van der Waals surface area contributed by atoms with Crippen LogP contribution in [0.5, 0.6) is 0 Å². The van der Waals surface area contributed by atoms with Crippen molar-refractivity contribution >= 4 is 6.03 Å². The van der Waals surface area contributed by atoms with Gasteiger partial charge < -0.3 is 4.90 Å². The summed E-state index contributed by atoms with van der Waals surface area (Å²) in [7, 11) is 3.31. The highest BCUT2D eigenvalue weighted by atomic mass is 16.7. The predicted octanol–water partition coefficient (Wildman–Crippen LogP) is 1.39. The molecule has 0 atom stereocenters. The minimum absolute atomic E-state index is 0.263. The third-order valence-electron chi connectivity index (χ3n) is 1.65. The van der Waals surface area contributed by atoms with E-state index in [-0.39, 0.29) is 6.03 Å². The molecule has 0 radical (unpaired) electrons. The summed E-state index contributed by atoms with van der Waals surface area (Å²) in [5.41, 5.74) is 3.34. The van der Waals surface area contributed by atoms with E-state index in [9.17, 15) is 4.79 Å². The largest absolute Gasteiger partial charge is 0.340 e. The zero-order valence-electron chi connectivity index (χ0n) is 8.36. The number of benzene rings is 1. The van der Waals surface area contributed by atoms with E-state index in [1.807, 2.05) is 30.3 Å². The molecule has 0 aliphatic carbocycles. The lowest BCUT2D eigenvalue weighted by atomic mass is 10.2. The molecule has 1 N–H and O–H groups in total. The lowest BCUT2D eigenvalue weighted by Gasteiger charge is -2.11. The van der Waals surface area contributed by atoms with Crippen LogP contribution in [0, 0.1) is 0 Å². The van der Waals surface area contributed by atoms with E-state index in [4.69, 9.17) is 4.84 Å². The second-order valence-corrected chi connectivity index (χ2v) is 3.08. The van der Waals surface area contributed by atoms with E-state index in [0.717, 1.165) is 5.56 Å². The van der Waals surface area contributed by atoms with Gasteiger partial charge in [0.05, 0.1) is 6.61 Å². The van der Waals surface area contributed by atoms with Crippen LogP contribution in [0.25, 0.3) is 0 Å². The quantitative estimate of drug-likeness (QED) is 0.739. The van der Waals surface area contributed by atoms with Crippen LogP contribution in [0.3, 0.4) is 0 Å². The minimum Gasteiger partial charge on any atom is -0.329 e. The van der Waals surface area contributed by atoms with E-state index in [0.29, 0.717) is 6.61 Å². The van der Waals surface area contributed by atoms with E-state index < -0.39 is 0 Å². The fourth-order valence-electron chi connectivity index (χ4n) is 0.847. The van der Waals surface area contributed by atoms with Gasteiger partial charge in [0.25, 0.3) is 0 Å². The van der Waals surface area contributed by atoms with Gasteiger partial charge in [0.1, 0.15) is 0 Å². The number of hydrogen-bond donors (Lipinski definition) is 1. The summed E-state index contributed by atoms with van der Waals surface area (Å²) in [5, 5.41) is 0. The van der Waals surface area contributed by atoms with Crippen molar-refractivity contribution in [3.8, 4) is 0 Å². The Bertz CT molecular complexity index is 285. The summed E-state index contributed by atoms with van der Waals surface area (Å²) in [5.74, 6) is 0. The molecule has 4 heteroatoms. The minimum atomic E-state index is -0.263. The first-order valence-electron chi connectivity index (χ1n) is 4.33. The molecule has 4 nitrogen and oxygen atoms in total. The van der Waals surface area contributed by atoms with Gasteiger partial charge in [-0.3, -0.25) is 4.84 Å². The molecule has 0 aromatic heterocycles. The summed E-state index contributed by atoms with van der Waals surface area (Å²) in [4.78, 5) is 17.4. The molecule has 1 aromatic rings. The number of urea groups is 1. The standard InChI is InChI=1S/C10H14N2O2/c1-12(2)10(13)11-14-8-9-6-4-3-5-7-9/h3-7H,8H2,1-2H3,(H,11,13). The van der Waals surface area contributed by atoms with Crippen molar-refractivity contribution in [3.63, 3.8) is 0 Å². The number of carbonyl (C=O) groups excluding carboxylic acids is 1. The Balaban J connectivity index is 2.26. The van der Waals surface area contributed by atoms with E-state index in [1.54, 1.807) is 14.1 Å². The number of nitrogens with zero attached hydrogens (tertiary/aromatic N) is 1. The van der Waals surface area contributed by atoms with Gasteiger partial charge in [0.2, 0.25) is 0 Å². The van der Waals surface area contributed by atoms with Crippen molar-refractivity contribution in [2.45, 2.75) is 6.61 Å². The summed E-state index contributed by atoms with van der Waals surface area (Å²) in [6, 6.07) is 9.38. The first-order valence-corrected chi connectivity index (χ1v) is 4.33. The third-order valence-corrected chi connectivity index (χ3v) is 1.65. The first-order chi connectivity index (χ1) is 6.70. The number of nitrogens with one attached hydrogen (secondary N) is 1. The van der Waals surface area contributed by atoms with Gasteiger partial charge in [-0.2, -0.15) is 0 Å². The van der Waals surface area contributed by atoms with Gasteiger partial charge in [0, 0.05) is 14.1 Å². The monoisotopic (exact) mass is 194 g/mol. The zero-order chi connectivity index (χ0) is 10.4. The first kappa shape index (κ1) is 10.5. The molecule has 76 valence electrons. The maximum atomic E-state index is 11.0. The molecule has 0 saturated carbocycles. The van der Waals surface area contributed by atoms with Crippen LogP contribution >= 0.6 is 0 Å². The Hall–Kier alpha value is -1.55. The maximum Gasteiger partial charge on any atom is 0.340 e. The molecule has 0 spiro atoms. The topological polar surface area (TPSA) is 41.6 Å². The molecular formula is C10H14N2O2. The van der Waals surface area contributed by atoms with Crippen molar-refractivity contribution in [2.75, 3.05) is 14.1 Å². The highest BCUT2D eigenvalue weighted by Crippen LogP contribution is 1.98. The lowest BCUT2D eigenvalue weighted by molar-refractivity contribution is 0.0409. The average molecular weight is 194 g/mol. The number of amides is 2. The molecule has 1 aromatic carbocycles. The van der Waals surface area contributed by atoms with Crippen molar-refractivity contribution in [1.82, 2.24) is 10.4 Å². The third kappa shape index (κ3) is 3.45. The number of carbonyl (C=O) groups is 1. The highest BCUT2D eigenvalue weighted by Gasteiger charge is 2.01. The Kier molecular flexibility index (Phi) is 3.94. The van der Waals surface area contributed by atoms with Crippen molar-refractivity contribution in [2.24, 2.45) is 0 Å². The Morgan fingerprint density at radius 3 is 2.57 bits per heavy atom. The smallest absolute Gasteiger partial charge is 0.329 e. The average Bonchev–Trinajstić information content (AvgIpc) is 2.19. The van der Waals surface area contributed by atoms with E-state index in [1.165, 1.54) is 4.90 Å². The molecule has 0 fully saturated rings.